The van der Waals surface area contributed by atoms with Gasteiger partial charge < -0.3 is 15.1 Å². The van der Waals surface area contributed by atoms with E-state index in [1.807, 2.05) is 35.2 Å². The Hall–Kier alpha value is -2.11. The number of hydrogen-bond acceptors (Lipinski definition) is 2. The summed E-state index contributed by atoms with van der Waals surface area (Å²) >= 11 is 6.06. The van der Waals surface area contributed by atoms with Crippen molar-refractivity contribution in [2.45, 2.75) is 58.2 Å². The third-order valence-corrected chi connectivity index (χ3v) is 6.30. The Morgan fingerprint density at radius 1 is 1.20 bits per heavy atom. The zero-order valence-electron chi connectivity index (χ0n) is 17.8. The fraction of sp³-hybridized carbons (Fsp3) is 0.458. The van der Waals surface area contributed by atoms with Crippen molar-refractivity contribution in [3.8, 4) is 0 Å². The van der Waals surface area contributed by atoms with Crippen LogP contribution in [0.15, 0.2) is 48.5 Å². The summed E-state index contributed by atoms with van der Waals surface area (Å²) in [5.41, 5.74) is 1.37. The molecular weight excluding hydrogens is 401 g/mol. The topological polar surface area (TPSA) is 35.6 Å². The molecule has 6 heteroatoms. The summed E-state index contributed by atoms with van der Waals surface area (Å²) in [4.78, 5) is 17.6. The number of carbonyl (C=O) groups is 1. The average molecular weight is 432 g/mol. The molecule has 2 aromatic rings. The molecule has 1 saturated heterocycles. The number of carbonyl (C=O) groups excluding carboxylic acids is 1. The maximum Gasteiger partial charge on any atom is 0.322 e. The van der Waals surface area contributed by atoms with E-state index >= 15 is 0 Å². The Balaban J connectivity index is 1.74. The third-order valence-electron chi connectivity index (χ3n) is 5.92. The van der Waals surface area contributed by atoms with E-state index in [0.29, 0.717) is 18.3 Å². The fourth-order valence-corrected chi connectivity index (χ4v) is 4.35. The van der Waals surface area contributed by atoms with Gasteiger partial charge in [-0.2, -0.15) is 0 Å². The van der Waals surface area contributed by atoms with Crippen LogP contribution in [-0.2, 0) is 6.54 Å². The van der Waals surface area contributed by atoms with Gasteiger partial charge in [0, 0.05) is 31.7 Å². The summed E-state index contributed by atoms with van der Waals surface area (Å²) < 4.78 is 13.8. The molecule has 1 N–H and O–H groups in total. The van der Waals surface area contributed by atoms with Crippen molar-refractivity contribution < 1.29 is 9.18 Å². The molecule has 4 nitrogen and oxygen atoms in total. The smallest absolute Gasteiger partial charge is 0.317 e. The number of amides is 2. The molecule has 0 radical (unpaired) electrons. The molecule has 1 atom stereocenters. The lowest BCUT2D eigenvalue weighted by Gasteiger charge is -2.40. The molecule has 1 aliphatic heterocycles. The summed E-state index contributed by atoms with van der Waals surface area (Å²) in [5.74, 6) is -0.540. The maximum atomic E-state index is 13.8. The standard InChI is InChI=1S/C24H31ClFN3O/c1-3-8-18(2)28-15-13-20(14-16-28)29(17-19-9-5-4-6-10-19)24(30)27-22-12-7-11-21(26)23(22)25/h4-7,9-12,18,20H,3,8,13-17H2,1-2H3,(H,27,30). The summed E-state index contributed by atoms with van der Waals surface area (Å²) in [6.45, 7) is 6.96. The lowest BCUT2D eigenvalue weighted by Crippen LogP contribution is -2.50. The normalized spacial score (nSPS) is 16.3. The minimum absolute atomic E-state index is 0.0614. The van der Waals surface area contributed by atoms with Crippen molar-refractivity contribution in [1.82, 2.24) is 9.80 Å². The number of nitrogens with zero attached hydrogens (tertiary/aromatic N) is 2. The minimum Gasteiger partial charge on any atom is -0.317 e. The lowest BCUT2D eigenvalue weighted by atomic mass is 10.00. The van der Waals surface area contributed by atoms with Crippen molar-refractivity contribution in [2.24, 2.45) is 0 Å². The SMILES string of the molecule is CCCC(C)N1CCC(N(Cc2ccccc2)C(=O)Nc2cccc(F)c2Cl)CC1. The molecule has 1 fully saturated rings. The molecule has 162 valence electrons. The van der Waals surface area contributed by atoms with Crippen LogP contribution in [0.2, 0.25) is 5.02 Å². The number of nitrogens with one attached hydrogen (secondary N) is 1. The van der Waals surface area contributed by atoms with E-state index in [1.165, 1.54) is 18.9 Å². The first-order chi connectivity index (χ1) is 14.5. The van der Waals surface area contributed by atoms with Gasteiger partial charge in [-0.3, -0.25) is 0 Å². The van der Waals surface area contributed by atoms with E-state index in [1.54, 1.807) is 12.1 Å². The molecule has 1 aliphatic rings. The molecule has 3 rings (SSSR count). The van der Waals surface area contributed by atoms with E-state index in [4.69, 9.17) is 11.6 Å². The first-order valence-electron chi connectivity index (χ1n) is 10.8. The number of urea groups is 1. The van der Waals surface area contributed by atoms with Crippen LogP contribution in [0.3, 0.4) is 0 Å². The number of piperidine rings is 1. The number of benzene rings is 2. The highest BCUT2D eigenvalue weighted by Gasteiger charge is 2.30. The van der Waals surface area contributed by atoms with E-state index in [9.17, 15) is 9.18 Å². The van der Waals surface area contributed by atoms with Crippen molar-refractivity contribution in [1.29, 1.82) is 0 Å². The van der Waals surface area contributed by atoms with Crippen LogP contribution >= 0.6 is 11.6 Å². The Morgan fingerprint density at radius 2 is 1.90 bits per heavy atom. The van der Waals surface area contributed by atoms with Gasteiger partial charge in [-0.1, -0.05) is 61.3 Å². The largest absolute Gasteiger partial charge is 0.322 e. The van der Waals surface area contributed by atoms with Crippen LogP contribution in [0.25, 0.3) is 0 Å². The summed E-state index contributed by atoms with van der Waals surface area (Å²) in [7, 11) is 0. The molecule has 2 amide bonds. The van der Waals surface area contributed by atoms with E-state index < -0.39 is 5.82 Å². The summed E-state index contributed by atoms with van der Waals surface area (Å²) in [6, 6.07) is 14.9. The minimum atomic E-state index is -0.540. The second-order valence-corrected chi connectivity index (χ2v) is 8.43. The molecule has 1 heterocycles. The third kappa shape index (κ3) is 5.73. The average Bonchev–Trinajstić information content (AvgIpc) is 2.76. The van der Waals surface area contributed by atoms with Crippen LogP contribution in [0.4, 0.5) is 14.9 Å². The molecule has 0 bridgehead atoms. The predicted octanol–water partition coefficient (Wildman–Crippen LogP) is 6.17. The Morgan fingerprint density at radius 3 is 2.57 bits per heavy atom. The molecule has 0 spiro atoms. The van der Waals surface area contributed by atoms with Gasteiger partial charge in [-0.05, 0) is 43.9 Å². The highest BCUT2D eigenvalue weighted by molar-refractivity contribution is 6.33. The quantitative estimate of drug-likeness (QED) is 0.569. The second-order valence-electron chi connectivity index (χ2n) is 8.05. The van der Waals surface area contributed by atoms with Gasteiger partial charge in [-0.15, -0.1) is 0 Å². The van der Waals surface area contributed by atoms with Gasteiger partial charge in [-0.25, -0.2) is 9.18 Å². The zero-order chi connectivity index (χ0) is 21.5. The second kappa shape index (κ2) is 10.8. The lowest BCUT2D eigenvalue weighted by molar-refractivity contribution is 0.0989. The number of rotatable bonds is 7. The molecule has 0 aromatic heterocycles. The number of halogens is 2. The number of hydrogen-bond donors (Lipinski definition) is 1. The Kier molecular flexibility index (Phi) is 8.11. The van der Waals surface area contributed by atoms with Crippen molar-refractivity contribution in [3.63, 3.8) is 0 Å². The van der Waals surface area contributed by atoms with Gasteiger partial charge in [0.2, 0.25) is 0 Å². The van der Waals surface area contributed by atoms with Crippen LogP contribution in [0.1, 0.15) is 45.1 Å². The predicted molar refractivity (Wildman–Crippen MR) is 121 cm³/mol. The highest BCUT2D eigenvalue weighted by atomic mass is 35.5. The van der Waals surface area contributed by atoms with Gasteiger partial charge >= 0.3 is 6.03 Å². The van der Waals surface area contributed by atoms with Crippen LogP contribution in [0.5, 0.6) is 0 Å². The first kappa shape index (κ1) is 22.6. The summed E-state index contributed by atoms with van der Waals surface area (Å²) in [5, 5.41) is 2.76. The van der Waals surface area contributed by atoms with E-state index in [0.717, 1.165) is 31.5 Å². The van der Waals surface area contributed by atoms with Crippen LogP contribution in [0, 0.1) is 5.82 Å². The van der Waals surface area contributed by atoms with Gasteiger partial charge in [0.1, 0.15) is 5.82 Å². The molecule has 0 aliphatic carbocycles. The Labute approximate surface area is 184 Å². The van der Waals surface area contributed by atoms with Crippen molar-refractivity contribution >= 4 is 23.3 Å². The maximum absolute atomic E-state index is 13.8. The van der Waals surface area contributed by atoms with Crippen LogP contribution in [-0.4, -0.2) is 41.0 Å². The monoisotopic (exact) mass is 431 g/mol. The molecular formula is C24H31ClFN3O. The molecule has 2 aromatic carbocycles. The number of anilines is 1. The molecule has 30 heavy (non-hydrogen) atoms. The van der Waals surface area contributed by atoms with Crippen molar-refractivity contribution in [3.05, 3.63) is 64.9 Å². The van der Waals surface area contributed by atoms with Gasteiger partial charge in [0.15, 0.2) is 0 Å². The van der Waals surface area contributed by atoms with Gasteiger partial charge in [0.05, 0.1) is 10.7 Å². The number of likely N-dealkylation sites (tertiary alicyclic amines) is 1. The fourth-order valence-electron chi connectivity index (χ4n) is 4.17. The van der Waals surface area contributed by atoms with Crippen molar-refractivity contribution in [2.75, 3.05) is 18.4 Å². The molecule has 1 unspecified atom stereocenters. The van der Waals surface area contributed by atoms with E-state index in [-0.39, 0.29) is 17.1 Å². The Bertz CT molecular complexity index is 824. The zero-order valence-corrected chi connectivity index (χ0v) is 18.5. The van der Waals surface area contributed by atoms with Crippen LogP contribution < -0.4 is 5.32 Å². The summed E-state index contributed by atoms with van der Waals surface area (Å²) in [6.07, 6.45) is 4.21. The van der Waals surface area contributed by atoms with E-state index in [2.05, 4.69) is 24.1 Å². The highest BCUT2D eigenvalue weighted by Crippen LogP contribution is 2.27. The first-order valence-corrected chi connectivity index (χ1v) is 11.2. The van der Waals surface area contributed by atoms with Gasteiger partial charge in [0.25, 0.3) is 0 Å². The molecule has 0 saturated carbocycles.